The second-order valence-corrected chi connectivity index (χ2v) is 4.76. The Morgan fingerprint density at radius 2 is 2.00 bits per heavy atom. The van der Waals surface area contributed by atoms with E-state index in [2.05, 4.69) is 0 Å². The average Bonchev–Trinajstić information content (AvgIpc) is 2.93. The van der Waals surface area contributed by atoms with Gasteiger partial charge in [-0.1, -0.05) is 6.07 Å². The van der Waals surface area contributed by atoms with Crippen LogP contribution in [0.15, 0.2) is 6.07 Å². The van der Waals surface area contributed by atoms with Crippen molar-refractivity contribution in [1.82, 2.24) is 0 Å². The maximum absolute atomic E-state index is 9.97. The molecule has 1 aromatic carbocycles. The van der Waals surface area contributed by atoms with E-state index in [0.29, 0.717) is 12.2 Å². The van der Waals surface area contributed by atoms with Crippen LogP contribution in [0.1, 0.15) is 29.5 Å². The first-order valence-corrected chi connectivity index (χ1v) is 5.55. The summed E-state index contributed by atoms with van der Waals surface area (Å²) >= 11 is 0. The molecule has 3 heteroatoms. The zero-order valence-corrected chi connectivity index (χ0v) is 10.0. The number of aromatic hydroxyl groups is 1. The fourth-order valence-corrected chi connectivity index (χ4v) is 1.98. The van der Waals surface area contributed by atoms with Crippen molar-refractivity contribution in [1.29, 1.82) is 0 Å². The van der Waals surface area contributed by atoms with Gasteiger partial charge in [-0.2, -0.15) is 0 Å². The van der Waals surface area contributed by atoms with E-state index in [9.17, 15) is 10.2 Å². The van der Waals surface area contributed by atoms with Gasteiger partial charge < -0.3 is 14.9 Å². The molecule has 0 saturated heterocycles. The van der Waals surface area contributed by atoms with E-state index in [1.807, 2.05) is 19.9 Å². The van der Waals surface area contributed by atoms with Crippen LogP contribution in [-0.4, -0.2) is 22.9 Å². The fraction of sp³-hybridized carbons (Fsp3) is 0.538. The molecule has 0 unspecified atom stereocenters. The summed E-state index contributed by atoms with van der Waals surface area (Å²) in [5.74, 6) is 0.699. The van der Waals surface area contributed by atoms with E-state index >= 15 is 0 Å². The van der Waals surface area contributed by atoms with Crippen LogP contribution >= 0.6 is 0 Å². The fourth-order valence-electron chi connectivity index (χ4n) is 1.98. The minimum atomic E-state index is -0.568. The number of hydrogen-bond donors (Lipinski definition) is 2. The maximum atomic E-state index is 9.97. The molecule has 0 bridgehead atoms. The minimum Gasteiger partial charge on any atom is -0.504 e. The Labute approximate surface area is 95.7 Å². The first kappa shape index (κ1) is 11.3. The Bertz CT molecular complexity index is 420. The molecule has 3 nitrogen and oxygen atoms in total. The highest BCUT2D eigenvalue weighted by molar-refractivity contribution is 5.54. The van der Waals surface area contributed by atoms with Crippen molar-refractivity contribution in [2.75, 3.05) is 7.11 Å². The quantitative estimate of drug-likeness (QED) is 0.823. The van der Waals surface area contributed by atoms with Crippen molar-refractivity contribution in [3.63, 3.8) is 0 Å². The molecule has 0 atom stereocenters. The number of aryl methyl sites for hydroxylation is 1. The summed E-state index contributed by atoms with van der Waals surface area (Å²) in [5, 5.41) is 19.9. The van der Waals surface area contributed by atoms with Crippen LogP contribution in [0.2, 0.25) is 0 Å². The molecular weight excluding hydrogens is 204 g/mol. The number of hydrogen-bond acceptors (Lipinski definition) is 3. The molecule has 0 aliphatic heterocycles. The summed E-state index contributed by atoms with van der Waals surface area (Å²) in [6.07, 6.45) is 2.23. The van der Waals surface area contributed by atoms with Gasteiger partial charge in [0, 0.05) is 12.0 Å². The predicted molar refractivity (Wildman–Crippen MR) is 62.0 cm³/mol. The van der Waals surface area contributed by atoms with Gasteiger partial charge in [0.05, 0.1) is 12.7 Å². The molecule has 0 radical (unpaired) electrons. The third-order valence-electron chi connectivity index (χ3n) is 3.39. The van der Waals surface area contributed by atoms with E-state index in [1.54, 1.807) is 7.11 Å². The van der Waals surface area contributed by atoms with E-state index < -0.39 is 5.60 Å². The second kappa shape index (κ2) is 3.67. The van der Waals surface area contributed by atoms with E-state index in [1.165, 1.54) is 0 Å². The molecule has 16 heavy (non-hydrogen) atoms. The van der Waals surface area contributed by atoms with Crippen molar-refractivity contribution < 1.29 is 14.9 Å². The van der Waals surface area contributed by atoms with Crippen molar-refractivity contribution in [3.8, 4) is 11.5 Å². The normalized spacial score (nSPS) is 17.2. The zero-order valence-electron chi connectivity index (χ0n) is 10.0. The standard InChI is InChI=1S/C13H18O3/c1-8-6-10(7-13(15)4-5-13)12(16-3)11(14)9(8)2/h6,14-15H,4-5,7H2,1-3H3. The number of ether oxygens (including phenoxy) is 1. The monoisotopic (exact) mass is 222 g/mol. The lowest BCUT2D eigenvalue weighted by Crippen LogP contribution is -2.12. The zero-order chi connectivity index (χ0) is 11.9. The number of benzene rings is 1. The van der Waals surface area contributed by atoms with Gasteiger partial charge in [0.15, 0.2) is 11.5 Å². The van der Waals surface area contributed by atoms with Gasteiger partial charge >= 0.3 is 0 Å². The predicted octanol–water partition coefficient (Wildman–Crippen LogP) is 2.09. The molecule has 0 heterocycles. The van der Waals surface area contributed by atoms with Gasteiger partial charge in [-0.3, -0.25) is 0 Å². The summed E-state index contributed by atoms with van der Waals surface area (Å²) in [7, 11) is 1.55. The number of aliphatic hydroxyl groups is 1. The Balaban J connectivity index is 2.43. The minimum absolute atomic E-state index is 0.196. The second-order valence-electron chi connectivity index (χ2n) is 4.76. The number of methoxy groups -OCH3 is 1. The summed E-state index contributed by atoms with van der Waals surface area (Å²) in [5.41, 5.74) is 2.19. The molecule has 88 valence electrons. The van der Waals surface area contributed by atoms with Crippen LogP contribution in [0.5, 0.6) is 11.5 Å². The Kier molecular flexibility index (Phi) is 2.58. The highest BCUT2D eigenvalue weighted by Gasteiger charge is 2.41. The SMILES string of the molecule is COc1c(CC2(O)CC2)cc(C)c(C)c1O. The van der Waals surface area contributed by atoms with Gasteiger partial charge in [-0.25, -0.2) is 0 Å². The van der Waals surface area contributed by atoms with E-state index in [4.69, 9.17) is 4.74 Å². The lowest BCUT2D eigenvalue weighted by Gasteiger charge is -2.16. The van der Waals surface area contributed by atoms with Crippen LogP contribution in [0.25, 0.3) is 0 Å². The van der Waals surface area contributed by atoms with Crippen LogP contribution in [0, 0.1) is 13.8 Å². The van der Waals surface area contributed by atoms with Crippen molar-refractivity contribution in [3.05, 3.63) is 22.8 Å². The first-order valence-electron chi connectivity index (χ1n) is 5.55. The van der Waals surface area contributed by atoms with Gasteiger partial charge in [0.2, 0.25) is 0 Å². The summed E-state index contributed by atoms with van der Waals surface area (Å²) in [4.78, 5) is 0. The molecule has 2 N–H and O–H groups in total. The molecule has 2 rings (SSSR count). The third kappa shape index (κ3) is 1.87. The summed E-state index contributed by atoms with van der Waals surface area (Å²) in [6.45, 7) is 3.82. The van der Waals surface area contributed by atoms with Gasteiger partial charge in [0.25, 0.3) is 0 Å². The Morgan fingerprint density at radius 1 is 1.38 bits per heavy atom. The molecule has 0 aromatic heterocycles. The van der Waals surface area contributed by atoms with Crippen LogP contribution in [-0.2, 0) is 6.42 Å². The number of rotatable bonds is 3. The van der Waals surface area contributed by atoms with E-state index in [0.717, 1.165) is 29.5 Å². The van der Waals surface area contributed by atoms with Gasteiger partial charge in [-0.05, 0) is 37.8 Å². The summed E-state index contributed by atoms with van der Waals surface area (Å²) in [6, 6.07) is 1.99. The van der Waals surface area contributed by atoms with Gasteiger partial charge in [0.1, 0.15) is 0 Å². The largest absolute Gasteiger partial charge is 0.504 e. The molecule has 1 saturated carbocycles. The molecule has 0 spiro atoms. The smallest absolute Gasteiger partial charge is 0.164 e. The molecule has 1 aliphatic rings. The lowest BCUT2D eigenvalue weighted by molar-refractivity contribution is 0.149. The lowest BCUT2D eigenvalue weighted by atomic mass is 9.98. The third-order valence-corrected chi connectivity index (χ3v) is 3.39. The van der Waals surface area contributed by atoms with Crippen LogP contribution in [0.3, 0.4) is 0 Å². The Hall–Kier alpha value is -1.22. The highest BCUT2D eigenvalue weighted by Crippen LogP contribution is 2.43. The molecular formula is C13H18O3. The maximum Gasteiger partial charge on any atom is 0.164 e. The topological polar surface area (TPSA) is 49.7 Å². The van der Waals surface area contributed by atoms with E-state index in [-0.39, 0.29) is 5.75 Å². The van der Waals surface area contributed by atoms with Crippen molar-refractivity contribution in [2.24, 2.45) is 0 Å². The van der Waals surface area contributed by atoms with Gasteiger partial charge in [-0.15, -0.1) is 0 Å². The molecule has 1 aromatic rings. The van der Waals surface area contributed by atoms with Crippen LogP contribution < -0.4 is 4.74 Å². The molecule has 1 fully saturated rings. The first-order chi connectivity index (χ1) is 7.47. The van der Waals surface area contributed by atoms with Crippen LogP contribution in [0.4, 0.5) is 0 Å². The van der Waals surface area contributed by atoms with Crippen molar-refractivity contribution in [2.45, 2.75) is 38.7 Å². The molecule has 1 aliphatic carbocycles. The average molecular weight is 222 g/mol. The summed E-state index contributed by atoms with van der Waals surface area (Å²) < 4.78 is 5.22. The molecule has 0 amide bonds. The Morgan fingerprint density at radius 3 is 2.50 bits per heavy atom. The van der Waals surface area contributed by atoms with Crippen molar-refractivity contribution >= 4 is 0 Å². The number of phenols is 1. The number of phenolic OH excluding ortho intramolecular Hbond substituents is 1. The highest BCUT2D eigenvalue weighted by atomic mass is 16.5.